The molecule has 100 valence electrons. The Bertz CT molecular complexity index is 261. The van der Waals surface area contributed by atoms with E-state index in [2.05, 4.69) is 26.1 Å². The van der Waals surface area contributed by atoms with E-state index >= 15 is 0 Å². The quantitative estimate of drug-likeness (QED) is 0.737. The number of aliphatic carboxylic acids is 1. The van der Waals surface area contributed by atoms with Crippen molar-refractivity contribution in [3.8, 4) is 0 Å². The molecule has 0 rings (SSSR count). The molecule has 0 aromatic heterocycles. The van der Waals surface area contributed by atoms with Crippen LogP contribution in [0.2, 0.25) is 0 Å². The minimum Gasteiger partial charge on any atom is -0.480 e. The molecule has 0 saturated carbocycles. The van der Waals surface area contributed by atoms with Crippen molar-refractivity contribution >= 4 is 23.6 Å². The minimum absolute atomic E-state index is 0.0926. The molecule has 5 heteroatoms. The number of carbonyl (C=O) groups is 2. The molecule has 0 aliphatic carbocycles. The molecule has 0 heterocycles. The van der Waals surface area contributed by atoms with Crippen molar-refractivity contribution in [3.63, 3.8) is 0 Å². The van der Waals surface area contributed by atoms with E-state index < -0.39 is 12.0 Å². The number of carbonyl (C=O) groups excluding carboxylic acids is 1. The highest BCUT2D eigenvalue weighted by molar-refractivity contribution is 7.98. The molecule has 1 atom stereocenters. The Kier molecular flexibility index (Phi) is 7.27. The van der Waals surface area contributed by atoms with Crippen molar-refractivity contribution in [2.24, 2.45) is 5.41 Å². The molecule has 0 radical (unpaired) electrons. The lowest BCUT2D eigenvalue weighted by Crippen LogP contribution is -2.41. The Hall–Kier alpha value is -0.710. The van der Waals surface area contributed by atoms with Gasteiger partial charge in [0.15, 0.2) is 0 Å². The van der Waals surface area contributed by atoms with E-state index in [9.17, 15) is 9.59 Å². The summed E-state index contributed by atoms with van der Waals surface area (Å²) >= 11 is 1.58. The summed E-state index contributed by atoms with van der Waals surface area (Å²) < 4.78 is 0. The Morgan fingerprint density at radius 2 is 1.94 bits per heavy atom. The second kappa shape index (κ2) is 7.58. The number of carboxylic acid groups (broad SMARTS) is 1. The standard InChI is InChI=1S/C12H23NO3S/c1-12(2,3)7-5-10(14)13-9(11(15)16)6-8-17-4/h9H,5-8H2,1-4H3,(H,13,14)(H,15,16)/t9-/m1/s1. The smallest absolute Gasteiger partial charge is 0.326 e. The van der Waals surface area contributed by atoms with Crippen LogP contribution >= 0.6 is 11.8 Å². The zero-order valence-corrected chi connectivity index (χ0v) is 11.9. The van der Waals surface area contributed by atoms with Gasteiger partial charge in [-0.3, -0.25) is 4.79 Å². The third-order valence-corrected chi connectivity index (χ3v) is 2.99. The number of hydrogen-bond donors (Lipinski definition) is 2. The average molecular weight is 261 g/mol. The molecule has 0 aliphatic rings. The van der Waals surface area contributed by atoms with Gasteiger partial charge in [0.2, 0.25) is 5.91 Å². The molecule has 0 fully saturated rings. The molecule has 0 saturated heterocycles. The van der Waals surface area contributed by atoms with Gasteiger partial charge in [0.25, 0.3) is 0 Å². The largest absolute Gasteiger partial charge is 0.480 e. The maximum atomic E-state index is 11.6. The molecule has 0 aromatic carbocycles. The van der Waals surface area contributed by atoms with Crippen molar-refractivity contribution < 1.29 is 14.7 Å². The van der Waals surface area contributed by atoms with Crippen LogP contribution in [-0.4, -0.2) is 35.0 Å². The van der Waals surface area contributed by atoms with E-state index in [1.165, 1.54) is 0 Å². The highest BCUT2D eigenvalue weighted by Gasteiger charge is 2.20. The van der Waals surface area contributed by atoms with Gasteiger partial charge in [-0.25, -0.2) is 4.79 Å². The van der Waals surface area contributed by atoms with Crippen molar-refractivity contribution in [1.29, 1.82) is 0 Å². The molecule has 2 N–H and O–H groups in total. The number of thioether (sulfide) groups is 1. The first-order chi connectivity index (χ1) is 7.76. The van der Waals surface area contributed by atoms with Crippen LogP contribution in [0, 0.1) is 5.41 Å². The fraction of sp³-hybridized carbons (Fsp3) is 0.833. The molecule has 0 unspecified atom stereocenters. The summed E-state index contributed by atoms with van der Waals surface area (Å²) in [7, 11) is 0. The zero-order valence-electron chi connectivity index (χ0n) is 11.1. The normalized spacial score (nSPS) is 13.2. The van der Waals surface area contributed by atoms with E-state index in [-0.39, 0.29) is 11.3 Å². The van der Waals surface area contributed by atoms with Crippen LogP contribution in [0.3, 0.4) is 0 Å². The molecular weight excluding hydrogens is 238 g/mol. The molecule has 0 spiro atoms. The maximum Gasteiger partial charge on any atom is 0.326 e. The van der Waals surface area contributed by atoms with Gasteiger partial charge in [-0.05, 0) is 30.3 Å². The predicted octanol–water partition coefficient (Wildman–Crippen LogP) is 2.14. The van der Waals surface area contributed by atoms with Gasteiger partial charge in [-0.15, -0.1) is 0 Å². The number of carboxylic acids is 1. The maximum absolute atomic E-state index is 11.6. The van der Waals surface area contributed by atoms with Crippen LogP contribution in [-0.2, 0) is 9.59 Å². The minimum atomic E-state index is -0.955. The molecule has 0 aliphatic heterocycles. The lowest BCUT2D eigenvalue weighted by atomic mass is 9.90. The Morgan fingerprint density at radius 3 is 2.35 bits per heavy atom. The summed E-state index contributed by atoms with van der Waals surface area (Å²) in [4.78, 5) is 22.5. The number of nitrogens with one attached hydrogen (secondary N) is 1. The number of amides is 1. The monoisotopic (exact) mass is 261 g/mol. The average Bonchev–Trinajstić information content (AvgIpc) is 2.19. The summed E-state index contributed by atoms with van der Waals surface area (Å²) in [6.07, 6.45) is 3.53. The Labute approximate surface area is 108 Å². The van der Waals surface area contributed by atoms with E-state index in [0.29, 0.717) is 12.8 Å². The lowest BCUT2D eigenvalue weighted by Gasteiger charge is -2.19. The van der Waals surface area contributed by atoms with Crippen molar-refractivity contribution in [2.75, 3.05) is 12.0 Å². The van der Waals surface area contributed by atoms with E-state index in [4.69, 9.17) is 5.11 Å². The molecule has 17 heavy (non-hydrogen) atoms. The van der Waals surface area contributed by atoms with Gasteiger partial charge < -0.3 is 10.4 Å². The first kappa shape index (κ1) is 16.3. The molecular formula is C12H23NO3S. The summed E-state index contributed by atoms with van der Waals surface area (Å²) in [5.74, 6) is -0.396. The van der Waals surface area contributed by atoms with Crippen molar-refractivity contribution in [2.45, 2.75) is 46.1 Å². The molecule has 0 bridgehead atoms. The summed E-state index contributed by atoms with van der Waals surface area (Å²) in [5, 5.41) is 11.5. The predicted molar refractivity (Wildman–Crippen MR) is 71.3 cm³/mol. The molecule has 0 aromatic rings. The second-order valence-electron chi connectivity index (χ2n) is 5.30. The topological polar surface area (TPSA) is 66.4 Å². The summed E-state index contributed by atoms with van der Waals surface area (Å²) in [6, 6.07) is -0.755. The first-order valence-corrected chi connectivity index (χ1v) is 7.17. The fourth-order valence-electron chi connectivity index (χ4n) is 1.25. The van der Waals surface area contributed by atoms with Crippen molar-refractivity contribution in [3.05, 3.63) is 0 Å². The van der Waals surface area contributed by atoms with Crippen LogP contribution < -0.4 is 5.32 Å². The number of hydrogen-bond acceptors (Lipinski definition) is 3. The third-order valence-electron chi connectivity index (χ3n) is 2.35. The SMILES string of the molecule is CSCC[C@@H](NC(=O)CCC(C)(C)C)C(=O)O. The fourth-order valence-corrected chi connectivity index (χ4v) is 1.72. The number of rotatable bonds is 7. The van der Waals surface area contributed by atoms with Crippen LogP contribution in [0.15, 0.2) is 0 Å². The summed E-state index contributed by atoms with van der Waals surface area (Å²) in [5.41, 5.74) is 0.0926. The highest BCUT2D eigenvalue weighted by Crippen LogP contribution is 2.20. The zero-order chi connectivity index (χ0) is 13.5. The Morgan fingerprint density at radius 1 is 1.35 bits per heavy atom. The lowest BCUT2D eigenvalue weighted by molar-refractivity contribution is -0.141. The Balaban J connectivity index is 4.08. The van der Waals surface area contributed by atoms with Gasteiger partial charge in [-0.1, -0.05) is 20.8 Å². The first-order valence-electron chi connectivity index (χ1n) is 5.77. The second-order valence-corrected chi connectivity index (χ2v) is 6.29. The van der Waals surface area contributed by atoms with Gasteiger partial charge in [0, 0.05) is 6.42 Å². The van der Waals surface area contributed by atoms with Crippen LogP contribution in [0.1, 0.15) is 40.0 Å². The van der Waals surface area contributed by atoms with Gasteiger partial charge in [0.1, 0.15) is 6.04 Å². The highest BCUT2D eigenvalue weighted by atomic mass is 32.2. The van der Waals surface area contributed by atoms with E-state index in [0.717, 1.165) is 12.2 Å². The molecule has 4 nitrogen and oxygen atoms in total. The van der Waals surface area contributed by atoms with Gasteiger partial charge in [-0.2, -0.15) is 11.8 Å². The van der Waals surface area contributed by atoms with Crippen molar-refractivity contribution in [1.82, 2.24) is 5.32 Å². The molecule has 1 amide bonds. The van der Waals surface area contributed by atoms with E-state index in [1.54, 1.807) is 11.8 Å². The van der Waals surface area contributed by atoms with E-state index in [1.807, 2.05) is 6.26 Å². The summed E-state index contributed by atoms with van der Waals surface area (Å²) in [6.45, 7) is 6.17. The van der Waals surface area contributed by atoms with Crippen LogP contribution in [0.5, 0.6) is 0 Å². The van der Waals surface area contributed by atoms with Gasteiger partial charge >= 0.3 is 5.97 Å². The van der Waals surface area contributed by atoms with Gasteiger partial charge in [0.05, 0.1) is 0 Å². The van der Waals surface area contributed by atoms with Crippen LogP contribution in [0.25, 0.3) is 0 Å². The van der Waals surface area contributed by atoms with Crippen LogP contribution in [0.4, 0.5) is 0 Å². The third kappa shape index (κ3) is 9.03.